The van der Waals surface area contributed by atoms with Crippen LogP contribution in [-0.4, -0.2) is 59.4 Å². The number of carbonyl (C=O) groups is 2. The van der Waals surface area contributed by atoms with E-state index in [0.717, 1.165) is 0 Å². The molecule has 0 aromatic carbocycles. The van der Waals surface area contributed by atoms with Gasteiger partial charge in [0, 0.05) is 11.3 Å². The molecule has 90 valence electrons. The second-order valence-corrected chi connectivity index (χ2v) is 5.88. The van der Waals surface area contributed by atoms with Crippen LogP contribution in [0.1, 0.15) is 13.8 Å². The predicted octanol–water partition coefficient (Wildman–Crippen LogP) is -0.998. The van der Waals surface area contributed by atoms with E-state index in [1.165, 1.54) is 7.85 Å². The molecule has 0 saturated carbocycles. The normalized spacial score (nSPS) is 23.2. The third-order valence-corrected chi connectivity index (χ3v) is 3.98. The van der Waals surface area contributed by atoms with Gasteiger partial charge in [-0.05, 0) is 13.8 Å². The quantitative estimate of drug-likeness (QED) is 0.625. The van der Waals surface area contributed by atoms with Crippen LogP contribution in [0.5, 0.6) is 0 Å². The Kier molecular flexibility index (Phi) is 4.26. The number of carbonyl (C=O) groups excluding carboxylic acids is 2. The van der Waals surface area contributed by atoms with Crippen LogP contribution in [0.2, 0.25) is 0 Å². The topological polar surface area (TPSA) is 69.6 Å². The van der Waals surface area contributed by atoms with Crippen molar-refractivity contribution in [2.75, 3.05) is 19.0 Å². The summed E-state index contributed by atoms with van der Waals surface area (Å²) in [6.45, 7) is 4.03. The summed E-state index contributed by atoms with van der Waals surface area (Å²) in [7, 11) is 1.47. The molecule has 2 N–H and O–H groups in total. The van der Waals surface area contributed by atoms with Crippen LogP contribution < -0.4 is 5.32 Å². The zero-order valence-electron chi connectivity index (χ0n) is 9.82. The van der Waals surface area contributed by atoms with Crippen LogP contribution in [0.25, 0.3) is 0 Å². The lowest BCUT2D eigenvalue weighted by molar-refractivity contribution is -0.125. The highest BCUT2D eigenvalue weighted by atomic mass is 32.2. The predicted molar refractivity (Wildman–Crippen MR) is 66.2 cm³/mol. The minimum absolute atomic E-state index is 0.0912. The first-order valence-electron chi connectivity index (χ1n) is 5.20. The first-order valence-corrected chi connectivity index (χ1v) is 6.18. The Morgan fingerprint density at radius 3 is 2.75 bits per heavy atom. The van der Waals surface area contributed by atoms with Crippen molar-refractivity contribution in [3.63, 3.8) is 0 Å². The summed E-state index contributed by atoms with van der Waals surface area (Å²) in [5.74, 6) is 0.251. The van der Waals surface area contributed by atoms with Crippen LogP contribution >= 0.6 is 11.8 Å². The average Bonchev–Trinajstić information content (AvgIpc) is 2.50. The van der Waals surface area contributed by atoms with E-state index in [1.54, 1.807) is 16.7 Å². The standard InChI is InChI=1S/C9H17BN2O3S/c1-9(2)6(7(14)11-3-4-13)12(5-16-9)8(10)15/h6,13H,3-5,10H2,1-2H3,(H,11,14)/t6-/m1/s1. The van der Waals surface area contributed by atoms with E-state index in [0.29, 0.717) is 5.88 Å². The molecule has 0 radical (unpaired) electrons. The molecule has 1 atom stereocenters. The maximum absolute atomic E-state index is 11.9. The molecule has 1 saturated heterocycles. The van der Waals surface area contributed by atoms with E-state index < -0.39 is 6.04 Å². The Labute approximate surface area is 100 Å². The van der Waals surface area contributed by atoms with Crippen LogP contribution in [0.4, 0.5) is 4.79 Å². The molecule has 16 heavy (non-hydrogen) atoms. The van der Waals surface area contributed by atoms with E-state index in [1.807, 2.05) is 13.8 Å². The lowest BCUT2D eigenvalue weighted by Gasteiger charge is -2.29. The van der Waals surface area contributed by atoms with Gasteiger partial charge in [0.05, 0.1) is 12.5 Å². The second-order valence-electron chi connectivity index (χ2n) is 4.28. The van der Waals surface area contributed by atoms with Crippen LogP contribution in [-0.2, 0) is 4.79 Å². The molecule has 2 amide bonds. The monoisotopic (exact) mass is 244 g/mol. The van der Waals surface area contributed by atoms with Crippen LogP contribution in [0.3, 0.4) is 0 Å². The summed E-state index contributed by atoms with van der Waals surface area (Å²) in [6, 6.07) is -0.457. The van der Waals surface area contributed by atoms with Crippen molar-refractivity contribution < 1.29 is 14.7 Å². The molecule has 1 aliphatic heterocycles. The highest BCUT2D eigenvalue weighted by Gasteiger charge is 2.46. The Morgan fingerprint density at radius 1 is 1.62 bits per heavy atom. The SMILES string of the molecule is BC(=O)N1CSC(C)(C)[C@H]1C(=O)NCCO. The second kappa shape index (κ2) is 5.10. The number of nitrogens with one attached hydrogen (secondary N) is 1. The van der Waals surface area contributed by atoms with Crippen molar-refractivity contribution in [3.05, 3.63) is 0 Å². The van der Waals surface area contributed by atoms with Crippen molar-refractivity contribution in [1.82, 2.24) is 10.2 Å². The maximum Gasteiger partial charge on any atom is 0.244 e. The molecule has 0 aromatic rings. The molecule has 1 aliphatic rings. The van der Waals surface area contributed by atoms with Gasteiger partial charge in [0.2, 0.25) is 13.8 Å². The number of aliphatic hydroxyl groups excluding tert-OH is 1. The zero-order chi connectivity index (χ0) is 12.3. The average molecular weight is 244 g/mol. The fraction of sp³-hybridized carbons (Fsp3) is 0.778. The minimum Gasteiger partial charge on any atom is -0.395 e. The molecule has 7 heteroatoms. The van der Waals surface area contributed by atoms with Gasteiger partial charge in [0.15, 0.2) is 5.81 Å². The fourth-order valence-corrected chi connectivity index (χ4v) is 2.97. The first kappa shape index (κ1) is 13.4. The first-order chi connectivity index (χ1) is 7.40. The highest BCUT2D eigenvalue weighted by molar-refractivity contribution is 8.00. The Bertz CT molecular complexity index is 298. The summed E-state index contributed by atoms with van der Waals surface area (Å²) >= 11 is 1.59. The summed E-state index contributed by atoms with van der Waals surface area (Å²) in [5.41, 5.74) is 0. The number of hydrogen-bond donors (Lipinski definition) is 2. The van der Waals surface area contributed by atoms with Crippen molar-refractivity contribution in [1.29, 1.82) is 0 Å². The van der Waals surface area contributed by atoms with Crippen LogP contribution in [0.15, 0.2) is 0 Å². The van der Waals surface area contributed by atoms with Crippen molar-refractivity contribution in [2.24, 2.45) is 0 Å². The molecule has 0 aromatic heterocycles. The molecule has 5 nitrogen and oxygen atoms in total. The molecule has 1 rings (SSSR count). The third-order valence-electron chi connectivity index (χ3n) is 2.61. The van der Waals surface area contributed by atoms with Gasteiger partial charge in [0.1, 0.15) is 6.04 Å². The number of aliphatic hydroxyl groups is 1. The molecule has 0 unspecified atom stereocenters. The Morgan fingerprint density at radius 2 is 2.25 bits per heavy atom. The summed E-state index contributed by atoms with van der Waals surface area (Å²) in [5, 5.41) is 11.3. The largest absolute Gasteiger partial charge is 0.395 e. The fourth-order valence-electron chi connectivity index (χ4n) is 1.77. The smallest absolute Gasteiger partial charge is 0.244 e. The van der Waals surface area contributed by atoms with Gasteiger partial charge in [-0.15, -0.1) is 11.8 Å². The van der Waals surface area contributed by atoms with Gasteiger partial charge in [-0.2, -0.15) is 0 Å². The Hall–Kier alpha value is -0.685. The molecular weight excluding hydrogens is 227 g/mol. The molecular formula is C9H17BN2O3S. The number of nitrogens with zero attached hydrogens (tertiary/aromatic N) is 1. The molecule has 1 heterocycles. The van der Waals surface area contributed by atoms with Gasteiger partial charge in [-0.3, -0.25) is 9.59 Å². The number of rotatable bonds is 3. The molecule has 0 spiro atoms. The highest BCUT2D eigenvalue weighted by Crippen LogP contribution is 2.39. The van der Waals surface area contributed by atoms with Crippen molar-refractivity contribution in [2.45, 2.75) is 24.6 Å². The summed E-state index contributed by atoms with van der Waals surface area (Å²) in [6.07, 6.45) is 0. The lowest BCUT2D eigenvalue weighted by Crippen LogP contribution is -2.53. The van der Waals surface area contributed by atoms with Crippen molar-refractivity contribution >= 4 is 31.3 Å². The molecule has 0 aliphatic carbocycles. The number of hydrogen-bond acceptors (Lipinski definition) is 4. The van der Waals surface area contributed by atoms with Crippen LogP contribution in [0, 0.1) is 0 Å². The van der Waals surface area contributed by atoms with E-state index in [-0.39, 0.29) is 29.6 Å². The van der Waals surface area contributed by atoms with E-state index in [4.69, 9.17) is 5.11 Å². The minimum atomic E-state index is -0.457. The maximum atomic E-state index is 11.9. The van der Waals surface area contributed by atoms with Crippen molar-refractivity contribution in [3.8, 4) is 0 Å². The summed E-state index contributed by atoms with van der Waals surface area (Å²) in [4.78, 5) is 24.9. The molecule has 0 bridgehead atoms. The van der Waals surface area contributed by atoms with E-state index in [9.17, 15) is 9.59 Å². The van der Waals surface area contributed by atoms with Gasteiger partial charge >= 0.3 is 0 Å². The van der Waals surface area contributed by atoms with E-state index >= 15 is 0 Å². The number of amides is 2. The molecule has 1 fully saturated rings. The third kappa shape index (κ3) is 2.71. The van der Waals surface area contributed by atoms with Gasteiger partial charge in [-0.25, -0.2) is 0 Å². The number of thioether (sulfide) groups is 1. The Balaban J connectivity index is 2.78. The van der Waals surface area contributed by atoms with Gasteiger partial charge in [0.25, 0.3) is 0 Å². The summed E-state index contributed by atoms with van der Waals surface area (Å²) < 4.78 is -0.286. The van der Waals surface area contributed by atoms with Gasteiger partial charge in [-0.1, -0.05) is 0 Å². The van der Waals surface area contributed by atoms with Gasteiger partial charge < -0.3 is 15.3 Å². The van der Waals surface area contributed by atoms with E-state index in [2.05, 4.69) is 5.32 Å². The lowest BCUT2D eigenvalue weighted by atomic mass is 9.98. The zero-order valence-corrected chi connectivity index (χ0v) is 10.6.